The SMILES string of the molecule is Cc1cc(CCCCc2cccc(COC3=CC(=O)CCCc4ccccc43)c2)sc1C. The Labute approximate surface area is 196 Å². The third kappa shape index (κ3) is 5.98. The second kappa shape index (κ2) is 10.8. The van der Waals surface area contributed by atoms with Crippen LogP contribution >= 0.6 is 11.3 Å². The summed E-state index contributed by atoms with van der Waals surface area (Å²) in [5, 5.41) is 0. The number of thiophene rings is 1. The van der Waals surface area contributed by atoms with E-state index in [1.807, 2.05) is 17.4 Å². The highest BCUT2D eigenvalue weighted by Gasteiger charge is 2.15. The number of hydrogen-bond donors (Lipinski definition) is 0. The molecule has 0 saturated carbocycles. The first-order valence-electron chi connectivity index (χ1n) is 11.7. The summed E-state index contributed by atoms with van der Waals surface area (Å²) in [5.74, 6) is 0.858. The quantitative estimate of drug-likeness (QED) is 0.339. The number of allylic oxidation sites excluding steroid dienone is 1. The third-order valence-corrected chi connectivity index (χ3v) is 7.40. The van der Waals surface area contributed by atoms with Gasteiger partial charge in [0.05, 0.1) is 0 Å². The molecule has 1 aromatic heterocycles. The highest BCUT2D eigenvalue weighted by atomic mass is 32.1. The summed E-state index contributed by atoms with van der Waals surface area (Å²) < 4.78 is 6.20. The van der Waals surface area contributed by atoms with Gasteiger partial charge in [0.1, 0.15) is 12.4 Å². The van der Waals surface area contributed by atoms with E-state index in [2.05, 4.69) is 62.4 Å². The topological polar surface area (TPSA) is 26.3 Å². The Morgan fingerprint density at radius 1 is 0.906 bits per heavy atom. The van der Waals surface area contributed by atoms with Crippen molar-refractivity contribution in [3.05, 3.63) is 98.2 Å². The van der Waals surface area contributed by atoms with Gasteiger partial charge in [-0.3, -0.25) is 4.79 Å². The molecule has 0 saturated heterocycles. The van der Waals surface area contributed by atoms with Gasteiger partial charge in [-0.25, -0.2) is 0 Å². The Hall–Kier alpha value is -2.65. The predicted molar refractivity (Wildman–Crippen MR) is 134 cm³/mol. The lowest BCUT2D eigenvalue weighted by atomic mass is 9.96. The van der Waals surface area contributed by atoms with E-state index in [4.69, 9.17) is 4.74 Å². The van der Waals surface area contributed by atoms with Crippen LogP contribution < -0.4 is 0 Å². The Bertz CT molecular complexity index is 1090. The number of ketones is 1. The number of carbonyl (C=O) groups excluding carboxylic acids is 1. The first-order valence-corrected chi connectivity index (χ1v) is 12.5. The van der Waals surface area contributed by atoms with Crippen LogP contribution in [0.2, 0.25) is 0 Å². The molecule has 0 bridgehead atoms. The van der Waals surface area contributed by atoms with Crippen molar-refractivity contribution in [3.63, 3.8) is 0 Å². The number of ether oxygens (including phenoxy) is 1. The fourth-order valence-electron chi connectivity index (χ4n) is 4.28. The fraction of sp³-hybridized carbons (Fsp3) is 0.345. The smallest absolute Gasteiger partial charge is 0.159 e. The van der Waals surface area contributed by atoms with Crippen LogP contribution in [0.4, 0.5) is 0 Å². The van der Waals surface area contributed by atoms with Crippen molar-refractivity contribution >= 4 is 22.9 Å². The van der Waals surface area contributed by atoms with Gasteiger partial charge in [-0.05, 0) is 80.7 Å². The minimum Gasteiger partial charge on any atom is -0.488 e. The lowest BCUT2D eigenvalue weighted by Gasteiger charge is -2.17. The maximum atomic E-state index is 12.2. The van der Waals surface area contributed by atoms with Gasteiger partial charge in [0, 0.05) is 27.8 Å². The number of rotatable bonds is 8. The first kappa shape index (κ1) is 22.5. The molecule has 0 radical (unpaired) electrons. The van der Waals surface area contributed by atoms with E-state index in [1.165, 1.54) is 45.7 Å². The summed E-state index contributed by atoms with van der Waals surface area (Å²) in [4.78, 5) is 15.2. The van der Waals surface area contributed by atoms with Gasteiger partial charge >= 0.3 is 0 Å². The number of unbranched alkanes of at least 4 members (excludes halogenated alkanes) is 1. The van der Waals surface area contributed by atoms with Crippen molar-refractivity contribution in [1.29, 1.82) is 0 Å². The van der Waals surface area contributed by atoms with Gasteiger partial charge in [0.15, 0.2) is 5.78 Å². The molecule has 4 rings (SSSR count). The Kier molecular flexibility index (Phi) is 7.59. The fourth-order valence-corrected chi connectivity index (χ4v) is 5.38. The average molecular weight is 445 g/mol. The maximum Gasteiger partial charge on any atom is 0.159 e. The highest BCUT2D eigenvalue weighted by Crippen LogP contribution is 2.26. The summed E-state index contributed by atoms with van der Waals surface area (Å²) in [7, 11) is 0. The number of fused-ring (bicyclic) bond motifs is 1. The largest absolute Gasteiger partial charge is 0.488 e. The standard InChI is InChI=1S/C29H32O2S/c1-21-17-27(32-22(21)2)15-5-3-9-23-10-7-11-24(18-23)20-31-29-19-26(30)14-8-13-25-12-4-6-16-28(25)29/h4,6-7,10-12,16-19H,3,5,8-9,13-15,20H2,1-2H3. The normalized spacial score (nSPS) is 13.8. The predicted octanol–water partition coefficient (Wildman–Crippen LogP) is 7.39. The molecule has 0 unspecified atom stereocenters. The molecule has 32 heavy (non-hydrogen) atoms. The zero-order chi connectivity index (χ0) is 22.3. The molecular weight excluding hydrogens is 412 g/mol. The van der Waals surface area contributed by atoms with Crippen molar-refractivity contribution in [2.75, 3.05) is 0 Å². The summed E-state index contributed by atoms with van der Waals surface area (Å²) in [6.07, 6.45) is 8.75. The van der Waals surface area contributed by atoms with E-state index < -0.39 is 0 Å². The molecule has 2 aromatic carbocycles. The second-order valence-corrected chi connectivity index (χ2v) is 10.1. The van der Waals surface area contributed by atoms with Crippen molar-refractivity contribution in [1.82, 2.24) is 0 Å². The highest BCUT2D eigenvalue weighted by molar-refractivity contribution is 7.12. The van der Waals surface area contributed by atoms with Crippen LogP contribution in [-0.4, -0.2) is 5.78 Å². The number of benzene rings is 2. The van der Waals surface area contributed by atoms with Gasteiger partial charge in [-0.1, -0.05) is 48.5 Å². The maximum absolute atomic E-state index is 12.2. The van der Waals surface area contributed by atoms with Gasteiger partial charge in [0.25, 0.3) is 0 Å². The molecule has 3 aromatic rings. The molecule has 1 heterocycles. The average Bonchev–Trinajstić information content (AvgIpc) is 3.11. The van der Waals surface area contributed by atoms with Crippen molar-refractivity contribution in [3.8, 4) is 0 Å². The van der Waals surface area contributed by atoms with Crippen LogP contribution in [0.15, 0.2) is 60.7 Å². The van der Waals surface area contributed by atoms with E-state index >= 15 is 0 Å². The Balaban J connectivity index is 1.34. The molecule has 0 fully saturated rings. The van der Waals surface area contributed by atoms with E-state index in [0.717, 1.165) is 30.4 Å². The van der Waals surface area contributed by atoms with Gasteiger partial charge in [-0.2, -0.15) is 0 Å². The second-order valence-electron chi connectivity index (χ2n) is 8.75. The van der Waals surface area contributed by atoms with E-state index in [-0.39, 0.29) is 5.78 Å². The molecule has 0 N–H and O–H groups in total. The molecule has 3 heteroatoms. The molecule has 0 amide bonds. The lowest BCUT2D eigenvalue weighted by Crippen LogP contribution is -2.06. The van der Waals surface area contributed by atoms with Crippen LogP contribution in [0.1, 0.15) is 63.3 Å². The van der Waals surface area contributed by atoms with Crippen molar-refractivity contribution < 1.29 is 9.53 Å². The van der Waals surface area contributed by atoms with E-state index in [9.17, 15) is 4.79 Å². The van der Waals surface area contributed by atoms with Crippen LogP contribution in [-0.2, 0) is 35.4 Å². The number of aryl methyl sites for hydroxylation is 5. The summed E-state index contributed by atoms with van der Waals surface area (Å²) in [5.41, 5.74) is 6.24. The Morgan fingerprint density at radius 2 is 1.72 bits per heavy atom. The van der Waals surface area contributed by atoms with E-state index in [0.29, 0.717) is 18.8 Å². The van der Waals surface area contributed by atoms with Gasteiger partial charge in [-0.15, -0.1) is 11.3 Å². The zero-order valence-corrected chi connectivity index (χ0v) is 20.0. The van der Waals surface area contributed by atoms with Crippen LogP contribution in [0.25, 0.3) is 5.76 Å². The summed E-state index contributed by atoms with van der Waals surface area (Å²) >= 11 is 1.94. The minimum absolute atomic E-state index is 0.152. The molecular formula is C29H32O2S. The van der Waals surface area contributed by atoms with Crippen LogP contribution in [0, 0.1) is 13.8 Å². The monoisotopic (exact) mass is 444 g/mol. The van der Waals surface area contributed by atoms with Gasteiger partial charge in [0.2, 0.25) is 0 Å². The molecule has 1 aliphatic rings. The first-order chi connectivity index (χ1) is 15.6. The molecule has 0 spiro atoms. The molecule has 0 atom stereocenters. The molecule has 1 aliphatic carbocycles. The minimum atomic E-state index is 0.152. The number of hydrogen-bond acceptors (Lipinski definition) is 3. The molecule has 2 nitrogen and oxygen atoms in total. The van der Waals surface area contributed by atoms with Gasteiger partial charge < -0.3 is 4.74 Å². The molecule has 0 aliphatic heterocycles. The third-order valence-electron chi connectivity index (χ3n) is 6.19. The van der Waals surface area contributed by atoms with Crippen molar-refractivity contribution in [2.45, 2.75) is 65.4 Å². The van der Waals surface area contributed by atoms with Crippen molar-refractivity contribution in [2.24, 2.45) is 0 Å². The zero-order valence-electron chi connectivity index (χ0n) is 19.2. The summed E-state index contributed by atoms with van der Waals surface area (Å²) in [6.45, 7) is 4.89. The van der Waals surface area contributed by atoms with Crippen LogP contribution in [0.5, 0.6) is 0 Å². The Morgan fingerprint density at radius 3 is 2.56 bits per heavy atom. The molecule has 166 valence electrons. The summed E-state index contributed by atoms with van der Waals surface area (Å²) in [6, 6.07) is 19.3. The lowest BCUT2D eigenvalue weighted by molar-refractivity contribution is -0.114. The van der Waals surface area contributed by atoms with Crippen LogP contribution in [0.3, 0.4) is 0 Å². The number of carbonyl (C=O) groups is 1. The van der Waals surface area contributed by atoms with E-state index in [1.54, 1.807) is 6.08 Å².